The van der Waals surface area contributed by atoms with Crippen LogP contribution in [0.5, 0.6) is 11.5 Å². The molecule has 8 heteroatoms. The number of aromatic nitrogens is 2. The molecule has 0 amide bonds. The summed E-state index contributed by atoms with van der Waals surface area (Å²) in [4.78, 5) is 26.9. The molecule has 0 spiro atoms. The fourth-order valence-electron chi connectivity index (χ4n) is 3.46. The van der Waals surface area contributed by atoms with Crippen LogP contribution in [0.15, 0.2) is 70.3 Å². The lowest BCUT2D eigenvalue weighted by molar-refractivity contribution is 0.355. The molecule has 1 heterocycles. The van der Waals surface area contributed by atoms with E-state index in [1.165, 1.54) is 18.8 Å². The predicted molar refractivity (Wildman–Crippen MR) is 122 cm³/mol. The first-order valence-corrected chi connectivity index (χ1v) is 10.1. The van der Waals surface area contributed by atoms with Gasteiger partial charge in [0.05, 0.1) is 37.4 Å². The molecular formula is C23H18Cl2N2O4. The molecule has 0 bridgehead atoms. The fourth-order valence-corrected chi connectivity index (χ4v) is 3.77. The van der Waals surface area contributed by atoms with E-state index in [4.69, 9.17) is 32.7 Å². The minimum Gasteiger partial charge on any atom is -0.493 e. The summed E-state index contributed by atoms with van der Waals surface area (Å²) in [7, 11) is 2.99. The number of hydrogen-bond donors (Lipinski definition) is 0. The van der Waals surface area contributed by atoms with Crippen molar-refractivity contribution in [2.75, 3.05) is 14.2 Å². The maximum atomic E-state index is 13.5. The van der Waals surface area contributed by atoms with Crippen LogP contribution in [0, 0.1) is 0 Å². The first-order chi connectivity index (χ1) is 14.9. The van der Waals surface area contributed by atoms with E-state index >= 15 is 0 Å². The highest BCUT2D eigenvalue weighted by Gasteiger charge is 2.18. The monoisotopic (exact) mass is 456 g/mol. The Morgan fingerprint density at radius 1 is 0.839 bits per heavy atom. The van der Waals surface area contributed by atoms with Gasteiger partial charge >= 0.3 is 5.69 Å². The number of hydrogen-bond acceptors (Lipinski definition) is 4. The molecule has 4 rings (SSSR count). The third-order valence-corrected chi connectivity index (χ3v) is 5.46. The maximum absolute atomic E-state index is 13.5. The Morgan fingerprint density at radius 3 is 2.16 bits per heavy atom. The largest absolute Gasteiger partial charge is 0.493 e. The summed E-state index contributed by atoms with van der Waals surface area (Å²) in [6.45, 7) is 0.225. The van der Waals surface area contributed by atoms with Crippen LogP contribution in [0.25, 0.3) is 16.6 Å². The van der Waals surface area contributed by atoms with Crippen LogP contribution >= 0.6 is 23.2 Å². The van der Waals surface area contributed by atoms with Gasteiger partial charge in [-0.15, -0.1) is 0 Å². The number of halogens is 2. The Labute approximate surface area is 187 Å². The lowest BCUT2D eigenvalue weighted by atomic mass is 10.1. The van der Waals surface area contributed by atoms with Crippen LogP contribution in [0.4, 0.5) is 0 Å². The van der Waals surface area contributed by atoms with Crippen molar-refractivity contribution in [1.82, 2.24) is 9.13 Å². The quantitative estimate of drug-likeness (QED) is 0.442. The lowest BCUT2D eigenvalue weighted by Gasteiger charge is -2.17. The molecular weight excluding hydrogens is 439 g/mol. The molecule has 0 N–H and O–H groups in total. The summed E-state index contributed by atoms with van der Waals surface area (Å²) in [5, 5.41) is 1.32. The second-order valence-electron chi connectivity index (χ2n) is 6.84. The van der Waals surface area contributed by atoms with Gasteiger partial charge in [-0.3, -0.25) is 9.36 Å². The second kappa shape index (κ2) is 8.49. The molecule has 3 aromatic carbocycles. The molecule has 31 heavy (non-hydrogen) atoms. The standard InChI is InChI=1S/C23H18Cl2N2O4/c1-30-20-11-18-19(12-21(20)31-2)26(13-14-6-8-15(24)9-7-14)23(29)27(22(18)28)17-5-3-4-16(25)10-17/h3-12H,13H2,1-2H3. The summed E-state index contributed by atoms with van der Waals surface area (Å²) in [5.74, 6) is 0.806. The zero-order valence-corrected chi connectivity index (χ0v) is 18.3. The van der Waals surface area contributed by atoms with Crippen molar-refractivity contribution >= 4 is 34.1 Å². The van der Waals surface area contributed by atoms with Gasteiger partial charge in [-0.05, 0) is 42.0 Å². The van der Waals surface area contributed by atoms with E-state index < -0.39 is 11.2 Å². The van der Waals surface area contributed by atoms with Crippen LogP contribution < -0.4 is 20.7 Å². The van der Waals surface area contributed by atoms with Crippen LogP contribution in [0.3, 0.4) is 0 Å². The number of methoxy groups -OCH3 is 2. The van der Waals surface area contributed by atoms with Gasteiger partial charge in [0.2, 0.25) is 0 Å². The average Bonchev–Trinajstić information content (AvgIpc) is 2.77. The molecule has 4 aromatic rings. The fraction of sp³-hybridized carbons (Fsp3) is 0.130. The van der Waals surface area contributed by atoms with E-state index in [2.05, 4.69) is 0 Å². The highest BCUT2D eigenvalue weighted by molar-refractivity contribution is 6.30. The van der Waals surface area contributed by atoms with E-state index in [1.807, 2.05) is 12.1 Å². The van der Waals surface area contributed by atoms with E-state index in [0.717, 1.165) is 10.1 Å². The maximum Gasteiger partial charge on any atom is 0.336 e. The Bertz CT molecular complexity index is 1390. The van der Waals surface area contributed by atoms with Crippen molar-refractivity contribution in [1.29, 1.82) is 0 Å². The number of fused-ring (bicyclic) bond motifs is 1. The highest BCUT2D eigenvalue weighted by atomic mass is 35.5. The van der Waals surface area contributed by atoms with Gasteiger partial charge < -0.3 is 9.47 Å². The highest BCUT2D eigenvalue weighted by Crippen LogP contribution is 2.31. The van der Waals surface area contributed by atoms with Gasteiger partial charge in [-0.1, -0.05) is 41.4 Å². The summed E-state index contributed by atoms with van der Waals surface area (Å²) in [5.41, 5.74) is 0.682. The number of ether oxygens (including phenoxy) is 2. The van der Waals surface area contributed by atoms with Crippen molar-refractivity contribution in [3.63, 3.8) is 0 Å². The molecule has 0 fully saturated rings. The average molecular weight is 457 g/mol. The minimum absolute atomic E-state index is 0.225. The van der Waals surface area contributed by atoms with Crippen molar-refractivity contribution in [2.45, 2.75) is 6.54 Å². The van der Waals surface area contributed by atoms with Crippen LogP contribution in [-0.4, -0.2) is 23.4 Å². The molecule has 0 saturated carbocycles. The molecule has 0 aliphatic carbocycles. The van der Waals surface area contributed by atoms with Crippen molar-refractivity contribution in [3.05, 3.63) is 97.1 Å². The third kappa shape index (κ3) is 3.92. The Morgan fingerprint density at radius 2 is 1.52 bits per heavy atom. The molecule has 158 valence electrons. The van der Waals surface area contributed by atoms with Gasteiger partial charge in [0.15, 0.2) is 11.5 Å². The zero-order chi connectivity index (χ0) is 22.1. The van der Waals surface area contributed by atoms with Gasteiger partial charge in [-0.25, -0.2) is 9.36 Å². The SMILES string of the molecule is COc1cc2c(=O)n(-c3cccc(Cl)c3)c(=O)n(Cc3ccc(Cl)cc3)c2cc1OC. The summed E-state index contributed by atoms with van der Waals surface area (Å²) >= 11 is 12.1. The predicted octanol–water partition coefficient (Wildman–Crippen LogP) is 4.52. The third-order valence-electron chi connectivity index (χ3n) is 4.97. The van der Waals surface area contributed by atoms with E-state index in [-0.39, 0.29) is 6.54 Å². The molecule has 6 nitrogen and oxygen atoms in total. The number of nitrogens with zero attached hydrogens (tertiary/aromatic N) is 2. The number of benzene rings is 3. The second-order valence-corrected chi connectivity index (χ2v) is 7.71. The van der Waals surface area contributed by atoms with E-state index in [9.17, 15) is 9.59 Å². The first-order valence-electron chi connectivity index (χ1n) is 9.35. The molecule has 0 radical (unpaired) electrons. The molecule has 0 aliphatic heterocycles. The van der Waals surface area contributed by atoms with Gasteiger partial charge in [0.25, 0.3) is 5.56 Å². The van der Waals surface area contributed by atoms with Crippen molar-refractivity contribution in [2.24, 2.45) is 0 Å². The molecule has 0 saturated heterocycles. The summed E-state index contributed by atoms with van der Waals surface area (Å²) in [6.07, 6.45) is 0. The van der Waals surface area contributed by atoms with Crippen molar-refractivity contribution < 1.29 is 9.47 Å². The number of rotatable bonds is 5. The topological polar surface area (TPSA) is 62.5 Å². The Hall–Kier alpha value is -3.22. The first kappa shape index (κ1) is 21.0. The molecule has 0 unspecified atom stereocenters. The van der Waals surface area contributed by atoms with E-state index in [0.29, 0.717) is 38.1 Å². The van der Waals surface area contributed by atoms with Crippen LogP contribution in [0.1, 0.15) is 5.56 Å². The van der Waals surface area contributed by atoms with Crippen LogP contribution in [0.2, 0.25) is 10.0 Å². The van der Waals surface area contributed by atoms with Gasteiger partial charge in [0, 0.05) is 16.1 Å². The smallest absolute Gasteiger partial charge is 0.336 e. The normalized spacial score (nSPS) is 11.0. The molecule has 0 atom stereocenters. The Balaban J connectivity index is 2.08. The summed E-state index contributed by atoms with van der Waals surface area (Å²) in [6, 6.07) is 17.0. The van der Waals surface area contributed by atoms with Crippen LogP contribution in [-0.2, 0) is 6.54 Å². The zero-order valence-electron chi connectivity index (χ0n) is 16.8. The van der Waals surface area contributed by atoms with E-state index in [1.54, 1.807) is 48.5 Å². The molecule has 0 aliphatic rings. The Kier molecular flexibility index (Phi) is 5.76. The van der Waals surface area contributed by atoms with Gasteiger partial charge in [-0.2, -0.15) is 0 Å². The molecule has 1 aromatic heterocycles. The van der Waals surface area contributed by atoms with Gasteiger partial charge in [0.1, 0.15) is 0 Å². The summed E-state index contributed by atoms with van der Waals surface area (Å²) < 4.78 is 13.4. The lowest BCUT2D eigenvalue weighted by Crippen LogP contribution is -2.39. The van der Waals surface area contributed by atoms with Crippen molar-refractivity contribution in [3.8, 4) is 17.2 Å². The minimum atomic E-state index is -0.498.